The van der Waals surface area contributed by atoms with Gasteiger partial charge >= 0.3 is 0 Å². The average molecular weight is 441 g/mol. The number of fused-ring (bicyclic) bond motifs is 1. The number of nitrogens with zero attached hydrogens (tertiary/aromatic N) is 4. The predicted molar refractivity (Wildman–Crippen MR) is 128 cm³/mol. The molecule has 0 unspecified atom stereocenters. The molecule has 0 radical (unpaired) electrons. The van der Waals surface area contributed by atoms with Gasteiger partial charge in [0, 0.05) is 67.2 Å². The normalized spacial score (nSPS) is 14.4. The molecule has 1 aromatic carbocycles. The molecule has 0 aliphatic carbocycles. The Balaban J connectivity index is 1.27. The second-order valence-electron chi connectivity index (χ2n) is 8.16. The van der Waals surface area contributed by atoms with Gasteiger partial charge in [-0.05, 0) is 47.9 Å². The van der Waals surface area contributed by atoms with E-state index in [1.54, 1.807) is 36.7 Å². The van der Waals surface area contributed by atoms with Crippen LogP contribution in [0.15, 0.2) is 67.3 Å². The number of primary amides is 1. The number of ether oxygens (including phenoxy) is 1. The minimum absolute atomic E-state index is 0.118. The van der Waals surface area contributed by atoms with E-state index in [4.69, 9.17) is 16.2 Å². The van der Waals surface area contributed by atoms with E-state index >= 15 is 0 Å². The van der Waals surface area contributed by atoms with Crippen LogP contribution >= 0.6 is 0 Å². The highest BCUT2D eigenvalue weighted by Gasteiger charge is 2.22. The van der Waals surface area contributed by atoms with Crippen LogP contribution < -0.4 is 21.1 Å². The fourth-order valence-corrected chi connectivity index (χ4v) is 4.05. The summed E-state index contributed by atoms with van der Waals surface area (Å²) < 4.78 is 6.10. The number of nitrogens with two attached hydrogens (primary N) is 2. The molecule has 4 aromatic rings. The summed E-state index contributed by atoms with van der Waals surface area (Å²) in [5.74, 6) is 1.25. The molecule has 0 bridgehead atoms. The highest BCUT2D eigenvalue weighted by Crippen LogP contribution is 2.27. The van der Waals surface area contributed by atoms with Gasteiger partial charge in [0.05, 0.1) is 11.4 Å². The number of nitrogen functional groups attached to an aromatic ring is 1. The highest BCUT2D eigenvalue weighted by atomic mass is 16.5. The Morgan fingerprint density at radius 2 is 1.70 bits per heavy atom. The van der Waals surface area contributed by atoms with Crippen molar-refractivity contribution in [1.29, 1.82) is 0 Å². The van der Waals surface area contributed by atoms with Crippen molar-refractivity contribution in [2.75, 3.05) is 23.7 Å². The number of anilines is 2. The van der Waals surface area contributed by atoms with Crippen LogP contribution in [-0.2, 0) is 0 Å². The van der Waals surface area contributed by atoms with Crippen molar-refractivity contribution in [3.63, 3.8) is 0 Å². The number of hydrogen-bond acceptors (Lipinski definition) is 7. The van der Waals surface area contributed by atoms with E-state index in [-0.39, 0.29) is 6.10 Å². The zero-order valence-electron chi connectivity index (χ0n) is 18.0. The molecule has 0 spiro atoms. The van der Waals surface area contributed by atoms with Gasteiger partial charge in [-0.15, -0.1) is 0 Å². The molecule has 0 saturated carbocycles. The summed E-state index contributed by atoms with van der Waals surface area (Å²) in [4.78, 5) is 26.8. The number of amides is 1. The quantitative estimate of drug-likeness (QED) is 0.488. The van der Waals surface area contributed by atoms with Crippen molar-refractivity contribution in [2.45, 2.75) is 18.9 Å². The van der Waals surface area contributed by atoms with Crippen molar-refractivity contribution in [3.05, 3.63) is 72.8 Å². The summed E-state index contributed by atoms with van der Waals surface area (Å²) in [6, 6.07) is 13.0. The van der Waals surface area contributed by atoms with E-state index in [0.29, 0.717) is 11.3 Å². The molecule has 8 nitrogen and oxygen atoms in total. The molecule has 1 aliphatic rings. The number of aromatic nitrogens is 3. The predicted octanol–water partition coefficient (Wildman–Crippen LogP) is 3.42. The van der Waals surface area contributed by atoms with Gasteiger partial charge in [-0.3, -0.25) is 14.8 Å². The van der Waals surface area contributed by atoms with Gasteiger partial charge in [0.1, 0.15) is 17.7 Å². The number of hydrogen-bond donors (Lipinski definition) is 2. The average Bonchev–Trinajstić information content (AvgIpc) is 2.84. The minimum Gasteiger partial charge on any atom is -0.490 e. The Bertz CT molecular complexity index is 1300. The third kappa shape index (κ3) is 4.55. The van der Waals surface area contributed by atoms with Crippen LogP contribution in [-0.4, -0.2) is 40.1 Å². The molecule has 5 rings (SSSR count). The van der Waals surface area contributed by atoms with Gasteiger partial charge in [-0.25, -0.2) is 4.98 Å². The second-order valence-corrected chi connectivity index (χ2v) is 8.16. The van der Waals surface area contributed by atoms with Crippen LogP contribution in [0, 0.1) is 0 Å². The summed E-state index contributed by atoms with van der Waals surface area (Å²) in [5, 5.41) is 2.05. The molecule has 3 aromatic heterocycles. The first-order chi connectivity index (χ1) is 16.0. The Labute approximate surface area is 191 Å². The van der Waals surface area contributed by atoms with Gasteiger partial charge in [0.15, 0.2) is 0 Å². The molecule has 1 fully saturated rings. The van der Waals surface area contributed by atoms with E-state index in [1.165, 1.54) is 0 Å². The van der Waals surface area contributed by atoms with Crippen LogP contribution in [0.5, 0.6) is 5.75 Å². The first-order valence-corrected chi connectivity index (χ1v) is 10.8. The van der Waals surface area contributed by atoms with Crippen LogP contribution in [0.1, 0.15) is 23.2 Å². The number of benzene rings is 1. The van der Waals surface area contributed by atoms with Crippen LogP contribution in [0.3, 0.4) is 0 Å². The fourth-order valence-electron chi connectivity index (χ4n) is 4.05. The number of carbonyl (C=O) groups is 1. The molecule has 1 amide bonds. The third-order valence-electron chi connectivity index (χ3n) is 5.85. The largest absolute Gasteiger partial charge is 0.490 e. The number of pyridine rings is 3. The van der Waals surface area contributed by atoms with Crippen LogP contribution in [0.25, 0.3) is 22.0 Å². The van der Waals surface area contributed by atoms with E-state index in [2.05, 4.69) is 25.9 Å². The van der Waals surface area contributed by atoms with E-state index < -0.39 is 5.91 Å². The first-order valence-electron chi connectivity index (χ1n) is 10.8. The summed E-state index contributed by atoms with van der Waals surface area (Å²) >= 11 is 0. The van der Waals surface area contributed by atoms with Crippen LogP contribution in [0.2, 0.25) is 0 Å². The second kappa shape index (κ2) is 8.74. The minimum atomic E-state index is -0.440. The monoisotopic (exact) mass is 440 g/mol. The first kappa shape index (κ1) is 20.7. The molecule has 166 valence electrons. The Kier molecular flexibility index (Phi) is 5.48. The molecular formula is C25H24N6O2. The molecule has 4 N–H and O–H groups in total. The lowest BCUT2D eigenvalue weighted by atomic mass is 10.1. The molecule has 8 heteroatoms. The molecule has 1 saturated heterocycles. The smallest absolute Gasteiger partial charge is 0.248 e. The van der Waals surface area contributed by atoms with Crippen molar-refractivity contribution in [1.82, 2.24) is 15.0 Å². The Morgan fingerprint density at radius 3 is 2.42 bits per heavy atom. The van der Waals surface area contributed by atoms with Gasteiger partial charge in [-0.2, -0.15) is 0 Å². The molecule has 1 aliphatic heterocycles. The van der Waals surface area contributed by atoms with E-state index in [1.807, 2.05) is 24.5 Å². The van der Waals surface area contributed by atoms with Crippen molar-refractivity contribution in [2.24, 2.45) is 5.73 Å². The number of carbonyl (C=O) groups excluding carboxylic acids is 1. The lowest BCUT2D eigenvalue weighted by Crippen LogP contribution is -2.38. The lowest BCUT2D eigenvalue weighted by molar-refractivity contribution is 0.1000. The lowest BCUT2D eigenvalue weighted by Gasteiger charge is -2.33. The summed E-state index contributed by atoms with van der Waals surface area (Å²) in [7, 11) is 0. The highest BCUT2D eigenvalue weighted by molar-refractivity contribution is 5.92. The van der Waals surface area contributed by atoms with E-state index in [9.17, 15) is 4.79 Å². The molecule has 4 heterocycles. The zero-order chi connectivity index (χ0) is 22.8. The maximum atomic E-state index is 11.2. The van der Waals surface area contributed by atoms with Crippen molar-refractivity contribution in [3.8, 4) is 17.0 Å². The van der Waals surface area contributed by atoms with Crippen molar-refractivity contribution >= 4 is 28.2 Å². The summed E-state index contributed by atoms with van der Waals surface area (Å²) in [6.45, 7) is 1.69. The SMILES string of the molecule is NC(=O)c1ccc(OC2CCN(c3cc4cc(-c5cncc(N)c5)ncc4cn3)CC2)cc1. The maximum absolute atomic E-state index is 11.2. The number of rotatable bonds is 5. The van der Waals surface area contributed by atoms with Gasteiger partial charge in [0.25, 0.3) is 0 Å². The maximum Gasteiger partial charge on any atom is 0.248 e. The number of piperidine rings is 1. The van der Waals surface area contributed by atoms with Crippen molar-refractivity contribution < 1.29 is 9.53 Å². The van der Waals surface area contributed by atoms with Gasteiger partial charge in [0.2, 0.25) is 5.91 Å². The molecule has 0 atom stereocenters. The molecule has 33 heavy (non-hydrogen) atoms. The molecular weight excluding hydrogens is 416 g/mol. The van der Waals surface area contributed by atoms with E-state index in [0.717, 1.165) is 59.5 Å². The summed E-state index contributed by atoms with van der Waals surface area (Å²) in [5.41, 5.74) is 14.0. The fraction of sp³-hybridized carbons (Fsp3) is 0.200. The standard InChI is InChI=1S/C25H24N6O2/c26-20-9-18(12-28-15-20)23-10-17-11-24(30-14-19(17)13-29-23)31-7-5-22(6-8-31)33-21-3-1-16(2-4-21)25(27)32/h1-4,9-15,22H,5-8,26H2,(H2,27,32). The van der Waals surface area contributed by atoms with Gasteiger partial charge < -0.3 is 21.1 Å². The summed E-state index contributed by atoms with van der Waals surface area (Å²) in [6.07, 6.45) is 8.96. The topological polar surface area (TPSA) is 120 Å². The van der Waals surface area contributed by atoms with Crippen LogP contribution in [0.4, 0.5) is 11.5 Å². The zero-order valence-corrected chi connectivity index (χ0v) is 18.0. The Hall–Kier alpha value is -4.20. The van der Waals surface area contributed by atoms with Gasteiger partial charge in [-0.1, -0.05) is 0 Å². The third-order valence-corrected chi connectivity index (χ3v) is 5.85. The Morgan fingerprint density at radius 1 is 0.939 bits per heavy atom.